The Hall–Kier alpha value is -1.55. The van der Waals surface area contributed by atoms with Gasteiger partial charge in [0.1, 0.15) is 0 Å². The lowest BCUT2D eigenvalue weighted by Crippen LogP contribution is -2.43. The van der Waals surface area contributed by atoms with Gasteiger partial charge in [-0.1, -0.05) is 12.1 Å². The van der Waals surface area contributed by atoms with Gasteiger partial charge in [0.2, 0.25) is 5.91 Å². The van der Waals surface area contributed by atoms with Crippen LogP contribution in [0, 0.1) is 0 Å². The largest absolute Gasteiger partial charge is 0.369 e. The number of hydrogen-bond acceptors (Lipinski definition) is 3. The quantitative estimate of drug-likeness (QED) is 0.882. The first-order valence-corrected chi connectivity index (χ1v) is 6.91. The van der Waals surface area contributed by atoms with E-state index in [4.69, 9.17) is 0 Å². The Morgan fingerprint density at radius 2 is 1.84 bits per heavy atom. The van der Waals surface area contributed by atoms with Crippen molar-refractivity contribution in [1.29, 1.82) is 0 Å². The van der Waals surface area contributed by atoms with Crippen molar-refractivity contribution in [3.63, 3.8) is 0 Å². The maximum absolute atomic E-state index is 11.5. The fourth-order valence-corrected chi connectivity index (χ4v) is 2.27. The Labute approximate surface area is 115 Å². The highest BCUT2D eigenvalue weighted by Crippen LogP contribution is 2.16. The zero-order chi connectivity index (χ0) is 13.7. The normalized spacial score (nSPS) is 15.4. The number of anilines is 1. The number of nitrogens with zero attached hydrogens (tertiary/aromatic N) is 2. The summed E-state index contributed by atoms with van der Waals surface area (Å²) in [5, 5.41) is 3.36. The van der Waals surface area contributed by atoms with Crippen molar-refractivity contribution in [3.8, 4) is 0 Å². The number of carbonyl (C=O) groups excluding carboxylic acids is 1. The first-order chi connectivity index (χ1) is 9.16. The van der Waals surface area contributed by atoms with E-state index in [0.717, 1.165) is 32.6 Å². The molecule has 1 amide bonds. The molecule has 104 valence electrons. The molecule has 4 heteroatoms. The van der Waals surface area contributed by atoms with E-state index in [1.165, 1.54) is 11.3 Å². The second-order valence-electron chi connectivity index (χ2n) is 5.19. The van der Waals surface area contributed by atoms with E-state index in [-0.39, 0.29) is 5.91 Å². The van der Waals surface area contributed by atoms with Crippen molar-refractivity contribution in [3.05, 3.63) is 29.8 Å². The summed E-state index contributed by atoms with van der Waals surface area (Å²) < 4.78 is 0. The smallest absolute Gasteiger partial charge is 0.222 e. The van der Waals surface area contributed by atoms with Crippen LogP contribution < -0.4 is 10.2 Å². The Balaban J connectivity index is 1.89. The molecule has 0 aliphatic carbocycles. The number of hydrogen-bond donors (Lipinski definition) is 1. The van der Waals surface area contributed by atoms with Gasteiger partial charge in [-0.25, -0.2) is 0 Å². The molecule has 0 atom stereocenters. The van der Waals surface area contributed by atoms with E-state index in [1.807, 2.05) is 0 Å². The molecule has 1 aliphatic heterocycles. The van der Waals surface area contributed by atoms with Crippen molar-refractivity contribution in [2.24, 2.45) is 0 Å². The van der Waals surface area contributed by atoms with Crippen LogP contribution in [0.25, 0.3) is 0 Å². The molecule has 4 nitrogen and oxygen atoms in total. The van der Waals surface area contributed by atoms with Crippen LogP contribution in [-0.2, 0) is 11.2 Å². The fourth-order valence-electron chi connectivity index (χ4n) is 2.27. The molecule has 1 heterocycles. The zero-order valence-corrected chi connectivity index (χ0v) is 11.9. The monoisotopic (exact) mass is 261 g/mol. The summed E-state index contributed by atoms with van der Waals surface area (Å²) in [6, 6.07) is 8.61. The number of benzene rings is 1. The van der Waals surface area contributed by atoms with E-state index < -0.39 is 0 Å². The van der Waals surface area contributed by atoms with E-state index >= 15 is 0 Å². The SMILES string of the molecule is CN(C)C(=O)CCc1ccc(N2CCNCC2)cc1. The second-order valence-corrected chi connectivity index (χ2v) is 5.19. The van der Waals surface area contributed by atoms with Gasteiger partial charge in [0.25, 0.3) is 0 Å². The molecule has 0 radical (unpaired) electrons. The van der Waals surface area contributed by atoms with Crippen molar-refractivity contribution in [2.45, 2.75) is 12.8 Å². The standard InChI is InChI=1S/C15H23N3O/c1-17(2)15(19)8-5-13-3-6-14(7-4-13)18-11-9-16-10-12-18/h3-4,6-7,16H,5,8-12H2,1-2H3. The van der Waals surface area contributed by atoms with Crippen LogP contribution in [0.1, 0.15) is 12.0 Å². The van der Waals surface area contributed by atoms with Gasteiger partial charge in [-0.2, -0.15) is 0 Å². The minimum absolute atomic E-state index is 0.186. The van der Waals surface area contributed by atoms with Gasteiger partial charge in [-0.05, 0) is 24.1 Å². The molecule has 2 rings (SSSR count). The first-order valence-electron chi connectivity index (χ1n) is 6.91. The van der Waals surface area contributed by atoms with Gasteiger partial charge in [0.05, 0.1) is 0 Å². The molecule has 19 heavy (non-hydrogen) atoms. The molecule has 1 aromatic rings. The molecule has 1 aliphatic rings. The maximum atomic E-state index is 11.5. The maximum Gasteiger partial charge on any atom is 0.222 e. The zero-order valence-electron chi connectivity index (χ0n) is 11.9. The van der Waals surface area contributed by atoms with Crippen LogP contribution in [0.5, 0.6) is 0 Å². The van der Waals surface area contributed by atoms with Gasteiger partial charge in [0, 0.05) is 52.4 Å². The molecule has 1 saturated heterocycles. The Morgan fingerprint density at radius 3 is 2.42 bits per heavy atom. The predicted octanol–water partition coefficient (Wildman–Crippen LogP) is 1.12. The van der Waals surface area contributed by atoms with Crippen LogP contribution in [0.15, 0.2) is 24.3 Å². The highest BCUT2D eigenvalue weighted by Gasteiger charge is 2.10. The van der Waals surface area contributed by atoms with Crippen LogP contribution in [-0.4, -0.2) is 51.1 Å². The molecule has 0 bridgehead atoms. The number of amides is 1. The van der Waals surface area contributed by atoms with E-state index in [0.29, 0.717) is 6.42 Å². The summed E-state index contributed by atoms with van der Waals surface area (Å²) in [4.78, 5) is 15.6. The Kier molecular flexibility index (Phi) is 4.80. The van der Waals surface area contributed by atoms with Crippen LogP contribution in [0.2, 0.25) is 0 Å². The van der Waals surface area contributed by atoms with Crippen LogP contribution in [0.3, 0.4) is 0 Å². The molecule has 0 spiro atoms. The summed E-state index contributed by atoms with van der Waals surface area (Å²) in [7, 11) is 3.60. The van der Waals surface area contributed by atoms with Crippen LogP contribution >= 0.6 is 0 Å². The van der Waals surface area contributed by atoms with E-state index in [1.54, 1.807) is 19.0 Å². The van der Waals surface area contributed by atoms with Crippen molar-refractivity contribution >= 4 is 11.6 Å². The number of carbonyl (C=O) groups is 1. The predicted molar refractivity (Wildman–Crippen MR) is 78.5 cm³/mol. The number of nitrogens with one attached hydrogen (secondary N) is 1. The van der Waals surface area contributed by atoms with Crippen molar-refractivity contribution in [2.75, 3.05) is 45.2 Å². The van der Waals surface area contributed by atoms with Gasteiger partial charge in [0.15, 0.2) is 0 Å². The number of aryl methyl sites for hydroxylation is 1. The van der Waals surface area contributed by atoms with Gasteiger partial charge in [-0.3, -0.25) is 4.79 Å². The number of piperazine rings is 1. The minimum atomic E-state index is 0.186. The summed E-state index contributed by atoms with van der Waals surface area (Å²) in [6.45, 7) is 4.25. The molecule has 1 N–H and O–H groups in total. The molecule has 0 unspecified atom stereocenters. The lowest BCUT2D eigenvalue weighted by Gasteiger charge is -2.29. The lowest BCUT2D eigenvalue weighted by atomic mass is 10.1. The summed E-state index contributed by atoms with van der Waals surface area (Å²) >= 11 is 0. The second kappa shape index (κ2) is 6.57. The number of rotatable bonds is 4. The van der Waals surface area contributed by atoms with Gasteiger partial charge in [-0.15, -0.1) is 0 Å². The van der Waals surface area contributed by atoms with Crippen LogP contribution in [0.4, 0.5) is 5.69 Å². The topological polar surface area (TPSA) is 35.6 Å². The average Bonchev–Trinajstić information content (AvgIpc) is 2.46. The minimum Gasteiger partial charge on any atom is -0.369 e. The summed E-state index contributed by atoms with van der Waals surface area (Å²) in [5.74, 6) is 0.186. The van der Waals surface area contributed by atoms with Crippen molar-refractivity contribution < 1.29 is 4.79 Å². The Morgan fingerprint density at radius 1 is 1.21 bits per heavy atom. The summed E-state index contributed by atoms with van der Waals surface area (Å²) in [5.41, 5.74) is 2.51. The highest BCUT2D eigenvalue weighted by molar-refractivity contribution is 5.75. The van der Waals surface area contributed by atoms with E-state index in [2.05, 4.69) is 34.5 Å². The highest BCUT2D eigenvalue weighted by atomic mass is 16.2. The fraction of sp³-hybridized carbons (Fsp3) is 0.533. The molecular formula is C15H23N3O. The van der Waals surface area contributed by atoms with Gasteiger partial charge < -0.3 is 15.1 Å². The first kappa shape index (κ1) is 13.9. The summed E-state index contributed by atoms with van der Waals surface area (Å²) in [6.07, 6.45) is 1.40. The molecule has 0 aromatic heterocycles. The third-order valence-corrected chi connectivity index (χ3v) is 3.54. The van der Waals surface area contributed by atoms with Gasteiger partial charge >= 0.3 is 0 Å². The average molecular weight is 261 g/mol. The molecule has 1 aromatic carbocycles. The van der Waals surface area contributed by atoms with Crippen molar-refractivity contribution in [1.82, 2.24) is 10.2 Å². The molecule has 0 saturated carbocycles. The third-order valence-electron chi connectivity index (χ3n) is 3.54. The lowest BCUT2D eigenvalue weighted by molar-refractivity contribution is -0.128. The Bertz CT molecular complexity index is 408. The molecular weight excluding hydrogens is 238 g/mol. The third kappa shape index (κ3) is 3.96. The molecule has 1 fully saturated rings. The van der Waals surface area contributed by atoms with E-state index in [9.17, 15) is 4.79 Å².